The zero-order valence-electron chi connectivity index (χ0n) is 9.65. The number of nitrogens with zero attached hydrogens (tertiary/aromatic N) is 2. The molecule has 0 amide bonds. The molecule has 0 saturated carbocycles. The van der Waals surface area contributed by atoms with Crippen molar-refractivity contribution in [3.8, 4) is 0 Å². The number of carboxylic acids is 1. The molecule has 0 atom stereocenters. The fourth-order valence-corrected chi connectivity index (χ4v) is 1.51. The van der Waals surface area contributed by atoms with Crippen LogP contribution >= 0.6 is 0 Å². The Bertz CT molecular complexity index is 323. The van der Waals surface area contributed by atoms with Crippen molar-refractivity contribution in [2.75, 3.05) is 11.9 Å². The van der Waals surface area contributed by atoms with Crippen molar-refractivity contribution < 1.29 is 9.90 Å². The molecule has 0 aliphatic carbocycles. The van der Waals surface area contributed by atoms with Crippen LogP contribution in [-0.4, -0.2) is 27.2 Å². The van der Waals surface area contributed by atoms with Crippen molar-refractivity contribution in [3.05, 3.63) is 12.4 Å². The van der Waals surface area contributed by atoms with Crippen molar-refractivity contribution >= 4 is 11.9 Å². The fraction of sp³-hybridized carbons (Fsp3) is 0.636. The summed E-state index contributed by atoms with van der Waals surface area (Å²) < 4.78 is 2.04. The lowest BCUT2D eigenvalue weighted by Crippen LogP contribution is -2.08. The first kappa shape index (κ1) is 12.5. The summed E-state index contributed by atoms with van der Waals surface area (Å²) in [6.07, 6.45) is 6.64. The van der Waals surface area contributed by atoms with Crippen molar-refractivity contribution in [1.29, 1.82) is 0 Å². The summed E-state index contributed by atoms with van der Waals surface area (Å²) in [5.41, 5.74) is 0. The van der Waals surface area contributed by atoms with E-state index in [1.54, 1.807) is 6.20 Å². The van der Waals surface area contributed by atoms with Crippen LogP contribution in [0, 0.1) is 0 Å². The van der Waals surface area contributed by atoms with Crippen LogP contribution < -0.4 is 5.32 Å². The number of unbranched alkanes of at least 4 members (excludes halogenated alkanes) is 2. The maximum Gasteiger partial charge on any atom is 0.303 e. The third-order valence-corrected chi connectivity index (χ3v) is 2.41. The topological polar surface area (TPSA) is 67.2 Å². The molecule has 0 bridgehead atoms. The molecule has 0 aliphatic rings. The third kappa shape index (κ3) is 4.33. The molecule has 1 aromatic heterocycles. The molecule has 16 heavy (non-hydrogen) atoms. The van der Waals surface area contributed by atoms with E-state index in [9.17, 15) is 4.79 Å². The number of hydrogen-bond acceptors (Lipinski definition) is 3. The van der Waals surface area contributed by atoms with E-state index in [2.05, 4.69) is 17.2 Å². The summed E-state index contributed by atoms with van der Waals surface area (Å²) in [4.78, 5) is 14.5. The second kappa shape index (κ2) is 6.87. The first-order valence-electron chi connectivity index (χ1n) is 5.71. The van der Waals surface area contributed by atoms with Gasteiger partial charge in [0.1, 0.15) is 0 Å². The largest absolute Gasteiger partial charge is 0.481 e. The molecule has 0 radical (unpaired) electrons. The Morgan fingerprint density at radius 3 is 3.00 bits per heavy atom. The van der Waals surface area contributed by atoms with Crippen molar-refractivity contribution in [2.45, 2.75) is 39.2 Å². The van der Waals surface area contributed by atoms with Crippen molar-refractivity contribution in [1.82, 2.24) is 9.55 Å². The summed E-state index contributed by atoms with van der Waals surface area (Å²) in [6.45, 7) is 3.82. The smallest absolute Gasteiger partial charge is 0.303 e. The number of imidazole rings is 1. The zero-order valence-corrected chi connectivity index (χ0v) is 9.65. The molecule has 5 nitrogen and oxygen atoms in total. The van der Waals surface area contributed by atoms with E-state index in [0.717, 1.165) is 38.3 Å². The van der Waals surface area contributed by atoms with E-state index < -0.39 is 5.97 Å². The van der Waals surface area contributed by atoms with E-state index in [1.165, 1.54) is 0 Å². The van der Waals surface area contributed by atoms with Gasteiger partial charge in [0.15, 0.2) is 0 Å². The summed E-state index contributed by atoms with van der Waals surface area (Å²) in [5, 5.41) is 11.7. The molecule has 1 rings (SSSR count). The molecule has 0 unspecified atom stereocenters. The van der Waals surface area contributed by atoms with E-state index in [0.29, 0.717) is 0 Å². The Balaban J connectivity index is 2.09. The Kier molecular flexibility index (Phi) is 5.39. The number of rotatable bonds is 8. The molecule has 0 saturated heterocycles. The highest BCUT2D eigenvalue weighted by atomic mass is 16.4. The summed E-state index contributed by atoms with van der Waals surface area (Å²) in [7, 11) is 0. The van der Waals surface area contributed by atoms with Gasteiger partial charge in [-0.3, -0.25) is 4.79 Å². The minimum Gasteiger partial charge on any atom is -0.481 e. The van der Waals surface area contributed by atoms with Gasteiger partial charge in [-0.05, 0) is 19.8 Å². The third-order valence-electron chi connectivity index (χ3n) is 2.41. The molecule has 0 aliphatic heterocycles. The van der Waals surface area contributed by atoms with Crippen LogP contribution in [0.2, 0.25) is 0 Å². The molecule has 0 spiro atoms. The predicted octanol–water partition coefficient (Wildman–Crippen LogP) is 1.96. The van der Waals surface area contributed by atoms with E-state index in [-0.39, 0.29) is 6.42 Å². The maximum absolute atomic E-state index is 10.3. The number of aryl methyl sites for hydroxylation is 1. The van der Waals surface area contributed by atoms with Crippen molar-refractivity contribution in [3.63, 3.8) is 0 Å². The van der Waals surface area contributed by atoms with Crippen LogP contribution in [0.4, 0.5) is 5.95 Å². The number of hydrogen-bond donors (Lipinski definition) is 2. The first-order valence-corrected chi connectivity index (χ1v) is 5.71. The lowest BCUT2D eigenvalue weighted by atomic mass is 10.2. The standard InChI is InChI=1S/C11H19N3O2/c1-2-14-9-8-13-11(14)12-7-5-3-4-6-10(15)16/h8-9H,2-7H2,1H3,(H,12,13)(H,15,16). The molecule has 0 aromatic carbocycles. The zero-order chi connectivity index (χ0) is 11.8. The van der Waals surface area contributed by atoms with Gasteiger partial charge in [0.25, 0.3) is 0 Å². The van der Waals surface area contributed by atoms with Crippen LogP contribution in [0.15, 0.2) is 12.4 Å². The van der Waals surface area contributed by atoms with Gasteiger partial charge in [-0.1, -0.05) is 6.42 Å². The Morgan fingerprint density at radius 2 is 2.31 bits per heavy atom. The quantitative estimate of drug-likeness (QED) is 0.664. The highest BCUT2D eigenvalue weighted by Gasteiger charge is 1.99. The predicted molar refractivity (Wildman–Crippen MR) is 62.5 cm³/mol. The number of nitrogens with one attached hydrogen (secondary N) is 1. The molecule has 2 N–H and O–H groups in total. The molecule has 5 heteroatoms. The number of anilines is 1. The Hall–Kier alpha value is -1.52. The van der Waals surface area contributed by atoms with Crippen LogP contribution in [0.25, 0.3) is 0 Å². The molecule has 1 heterocycles. The van der Waals surface area contributed by atoms with Gasteiger partial charge >= 0.3 is 5.97 Å². The van der Waals surface area contributed by atoms with E-state index >= 15 is 0 Å². The normalized spacial score (nSPS) is 10.3. The minimum absolute atomic E-state index is 0.267. The van der Waals surface area contributed by atoms with Gasteiger partial charge in [0.2, 0.25) is 5.95 Å². The molecule has 1 aromatic rings. The average molecular weight is 225 g/mol. The van der Waals surface area contributed by atoms with Crippen LogP contribution in [0.1, 0.15) is 32.6 Å². The number of aromatic nitrogens is 2. The summed E-state index contributed by atoms with van der Waals surface area (Å²) in [6, 6.07) is 0. The summed E-state index contributed by atoms with van der Waals surface area (Å²) >= 11 is 0. The second-order valence-electron chi connectivity index (χ2n) is 3.67. The molecular weight excluding hydrogens is 206 g/mol. The maximum atomic E-state index is 10.3. The molecule has 0 fully saturated rings. The molecular formula is C11H19N3O2. The Labute approximate surface area is 95.5 Å². The van der Waals surface area contributed by atoms with E-state index in [4.69, 9.17) is 5.11 Å². The number of aliphatic carboxylic acids is 1. The van der Waals surface area contributed by atoms with Gasteiger partial charge in [-0.25, -0.2) is 4.98 Å². The van der Waals surface area contributed by atoms with Crippen molar-refractivity contribution in [2.24, 2.45) is 0 Å². The van der Waals surface area contributed by atoms with E-state index in [1.807, 2.05) is 10.8 Å². The Morgan fingerprint density at radius 1 is 1.50 bits per heavy atom. The van der Waals surface area contributed by atoms with Gasteiger partial charge in [-0.15, -0.1) is 0 Å². The van der Waals surface area contributed by atoms with Crippen LogP contribution in [-0.2, 0) is 11.3 Å². The first-order chi connectivity index (χ1) is 7.74. The average Bonchev–Trinajstić information content (AvgIpc) is 2.70. The van der Waals surface area contributed by atoms with Gasteiger partial charge < -0.3 is 15.0 Å². The minimum atomic E-state index is -0.713. The van der Waals surface area contributed by atoms with Gasteiger partial charge in [0, 0.05) is 31.9 Å². The highest BCUT2D eigenvalue weighted by Crippen LogP contribution is 2.05. The lowest BCUT2D eigenvalue weighted by molar-refractivity contribution is -0.137. The molecule has 90 valence electrons. The fourth-order valence-electron chi connectivity index (χ4n) is 1.51. The van der Waals surface area contributed by atoms with Crippen LogP contribution in [0.5, 0.6) is 0 Å². The monoisotopic (exact) mass is 225 g/mol. The van der Waals surface area contributed by atoms with Gasteiger partial charge in [0.05, 0.1) is 0 Å². The lowest BCUT2D eigenvalue weighted by Gasteiger charge is -2.07. The highest BCUT2D eigenvalue weighted by molar-refractivity contribution is 5.66. The summed E-state index contributed by atoms with van der Waals surface area (Å²) in [5.74, 6) is 0.176. The van der Waals surface area contributed by atoms with Crippen LogP contribution in [0.3, 0.4) is 0 Å². The number of carbonyl (C=O) groups is 1. The number of carboxylic acid groups (broad SMARTS) is 1. The SMILES string of the molecule is CCn1ccnc1NCCCCCC(=O)O. The van der Waals surface area contributed by atoms with Gasteiger partial charge in [-0.2, -0.15) is 0 Å². The second-order valence-corrected chi connectivity index (χ2v) is 3.67.